The highest BCUT2D eigenvalue weighted by atomic mass is 16.5. The molecule has 1 aliphatic heterocycles. The molecule has 2 rings (SSSR count). The molecule has 13 heavy (non-hydrogen) atoms. The van der Waals surface area contributed by atoms with Crippen LogP contribution in [0.3, 0.4) is 0 Å². The summed E-state index contributed by atoms with van der Waals surface area (Å²) in [5.41, 5.74) is 1.93. The van der Waals surface area contributed by atoms with E-state index in [0.29, 0.717) is 5.92 Å². The molecule has 2 nitrogen and oxygen atoms in total. The van der Waals surface area contributed by atoms with Gasteiger partial charge in [0.25, 0.3) is 0 Å². The van der Waals surface area contributed by atoms with Crippen LogP contribution in [0.25, 0.3) is 0 Å². The van der Waals surface area contributed by atoms with Gasteiger partial charge in [-0.3, -0.25) is 4.79 Å². The van der Waals surface area contributed by atoms with Gasteiger partial charge in [-0.05, 0) is 25.1 Å². The molecule has 0 saturated carbocycles. The lowest BCUT2D eigenvalue weighted by atomic mass is 10.00. The molecule has 0 bridgehead atoms. The first-order chi connectivity index (χ1) is 6.18. The number of Topliss-reactive ketones (excluding diaryl/α,β-unsaturated/α-hetero) is 1. The molecule has 0 saturated heterocycles. The van der Waals surface area contributed by atoms with E-state index in [1.54, 1.807) is 6.92 Å². The molecule has 1 aliphatic rings. The van der Waals surface area contributed by atoms with E-state index in [9.17, 15) is 4.79 Å². The average Bonchev–Trinajstić information content (AvgIpc) is 2.47. The molecule has 0 spiro atoms. The number of hydrogen-bond donors (Lipinski definition) is 0. The second-order valence-electron chi connectivity index (χ2n) is 3.52. The molecule has 0 aliphatic carbocycles. The first-order valence-electron chi connectivity index (χ1n) is 4.46. The maximum Gasteiger partial charge on any atom is 0.159 e. The van der Waals surface area contributed by atoms with E-state index >= 15 is 0 Å². The van der Waals surface area contributed by atoms with Crippen molar-refractivity contribution in [2.45, 2.75) is 19.8 Å². The Morgan fingerprint density at radius 3 is 3.00 bits per heavy atom. The molecule has 0 N–H and O–H groups in total. The minimum absolute atomic E-state index is 0.113. The molecule has 1 aromatic rings. The number of rotatable bonds is 1. The normalized spacial score (nSPS) is 19.4. The molecule has 0 fully saturated rings. The Morgan fingerprint density at radius 1 is 1.54 bits per heavy atom. The van der Waals surface area contributed by atoms with Crippen molar-refractivity contribution < 1.29 is 9.53 Å². The van der Waals surface area contributed by atoms with Gasteiger partial charge in [0.2, 0.25) is 0 Å². The minimum atomic E-state index is 0.113. The molecule has 0 radical (unpaired) electrons. The maximum atomic E-state index is 11.1. The van der Waals surface area contributed by atoms with Gasteiger partial charge in [0.15, 0.2) is 5.78 Å². The van der Waals surface area contributed by atoms with E-state index in [1.165, 1.54) is 0 Å². The summed E-state index contributed by atoms with van der Waals surface area (Å²) in [6.07, 6.45) is 0. The molecule has 1 atom stereocenters. The third kappa shape index (κ3) is 1.32. The first-order valence-corrected chi connectivity index (χ1v) is 4.46. The molecule has 1 heterocycles. The van der Waals surface area contributed by atoms with Gasteiger partial charge < -0.3 is 4.74 Å². The number of benzene rings is 1. The highest BCUT2D eigenvalue weighted by Gasteiger charge is 2.20. The zero-order valence-electron chi connectivity index (χ0n) is 7.83. The van der Waals surface area contributed by atoms with Crippen LogP contribution in [0.5, 0.6) is 5.75 Å². The molecule has 1 aromatic carbocycles. The van der Waals surface area contributed by atoms with Crippen molar-refractivity contribution in [1.82, 2.24) is 0 Å². The number of hydrogen-bond acceptors (Lipinski definition) is 2. The van der Waals surface area contributed by atoms with Gasteiger partial charge >= 0.3 is 0 Å². The molecule has 1 unspecified atom stereocenters. The maximum absolute atomic E-state index is 11.1. The average molecular weight is 176 g/mol. The summed E-state index contributed by atoms with van der Waals surface area (Å²) in [5.74, 6) is 1.45. The number of carbonyl (C=O) groups excluding carboxylic acids is 1. The van der Waals surface area contributed by atoms with E-state index in [4.69, 9.17) is 4.74 Å². The van der Waals surface area contributed by atoms with Crippen LogP contribution < -0.4 is 4.74 Å². The number of ether oxygens (including phenoxy) is 1. The largest absolute Gasteiger partial charge is 0.493 e. The highest BCUT2D eigenvalue weighted by Crippen LogP contribution is 2.33. The summed E-state index contributed by atoms with van der Waals surface area (Å²) in [6, 6.07) is 5.64. The molecular weight excluding hydrogens is 164 g/mol. The van der Waals surface area contributed by atoms with E-state index in [1.807, 2.05) is 18.2 Å². The Kier molecular flexibility index (Phi) is 1.83. The Hall–Kier alpha value is -1.31. The lowest BCUT2D eigenvalue weighted by molar-refractivity contribution is 0.101. The summed E-state index contributed by atoms with van der Waals surface area (Å²) in [6.45, 7) is 4.43. The van der Waals surface area contributed by atoms with Crippen LogP contribution in [0.4, 0.5) is 0 Å². The lowest BCUT2D eigenvalue weighted by Gasteiger charge is -2.02. The monoisotopic (exact) mass is 176 g/mol. The van der Waals surface area contributed by atoms with E-state index < -0.39 is 0 Å². The highest BCUT2D eigenvalue weighted by molar-refractivity contribution is 5.94. The van der Waals surface area contributed by atoms with Crippen LogP contribution in [0.15, 0.2) is 18.2 Å². The third-order valence-electron chi connectivity index (χ3n) is 2.44. The molecule has 2 heteroatoms. The van der Waals surface area contributed by atoms with Gasteiger partial charge in [-0.2, -0.15) is 0 Å². The standard InChI is InChI=1S/C11H12O2/c1-7-6-13-11-4-3-9(8(2)12)5-10(7)11/h3-5,7H,6H2,1-2H3. The van der Waals surface area contributed by atoms with Crippen molar-refractivity contribution in [2.24, 2.45) is 0 Å². The summed E-state index contributed by atoms with van der Waals surface area (Å²) in [4.78, 5) is 11.1. The van der Waals surface area contributed by atoms with Crippen molar-refractivity contribution in [2.75, 3.05) is 6.61 Å². The van der Waals surface area contributed by atoms with E-state index in [-0.39, 0.29) is 5.78 Å². The Morgan fingerprint density at radius 2 is 2.31 bits per heavy atom. The third-order valence-corrected chi connectivity index (χ3v) is 2.44. The fourth-order valence-electron chi connectivity index (χ4n) is 1.59. The molecule has 0 amide bonds. The van der Waals surface area contributed by atoms with Crippen LogP contribution in [0, 0.1) is 0 Å². The van der Waals surface area contributed by atoms with Gasteiger partial charge in [0.05, 0.1) is 6.61 Å². The van der Waals surface area contributed by atoms with Crippen LogP contribution in [0.2, 0.25) is 0 Å². The van der Waals surface area contributed by atoms with Gasteiger partial charge in [0, 0.05) is 17.0 Å². The van der Waals surface area contributed by atoms with E-state index in [2.05, 4.69) is 6.92 Å². The summed E-state index contributed by atoms with van der Waals surface area (Å²) >= 11 is 0. The Bertz CT molecular complexity index is 355. The topological polar surface area (TPSA) is 26.3 Å². The van der Waals surface area contributed by atoms with Crippen LogP contribution in [-0.4, -0.2) is 12.4 Å². The SMILES string of the molecule is CC(=O)c1ccc2c(c1)C(C)CO2. The van der Waals surface area contributed by atoms with Crippen molar-refractivity contribution in [3.05, 3.63) is 29.3 Å². The molecular formula is C11H12O2. The minimum Gasteiger partial charge on any atom is -0.493 e. The summed E-state index contributed by atoms with van der Waals surface area (Å²) in [5, 5.41) is 0. The number of ketones is 1. The summed E-state index contributed by atoms with van der Waals surface area (Å²) in [7, 11) is 0. The summed E-state index contributed by atoms with van der Waals surface area (Å²) < 4.78 is 5.43. The molecule has 0 aromatic heterocycles. The van der Waals surface area contributed by atoms with E-state index in [0.717, 1.165) is 23.5 Å². The smallest absolute Gasteiger partial charge is 0.159 e. The van der Waals surface area contributed by atoms with Gasteiger partial charge in [-0.15, -0.1) is 0 Å². The van der Waals surface area contributed by atoms with Crippen molar-refractivity contribution in [3.63, 3.8) is 0 Å². The second kappa shape index (κ2) is 2.87. The predicted octanol–water partition coefficient (Wildman–Crippen LogP) is 2.39. The van der Waals surface area contributed by atoms with Gasteiger partial charge in [-0.1, -0.05) is 6.92 Å². The Balaban J connectivity index is 2.47. The predicted molar refractivity (Wildman–Crippen MR) is 50.4 cm³/mol. The van der Waals surface area contributed by atoms with Crippen LogP contribution in [-0.2, 0) is 0 Å². The molecule has 68 valence electrons. The van der Waals surface area contributed by atoms with Crippen molar-refractivity contribution >= 4 is 5.78 Å². The second-order valence-corrected chi connectivity index (χ2v) is 3.52. The Labute approximate surface area is 77.5 Å². The fourth-order valence-corrected chi connectivity index (χ4v) is 1.59. The van der Waals surface area contributed by atoms with Crippen LogP contribution in [0.1, 0.15) is 35.7 Å². The van der Waals surface area contributed by atoms with Crippen LogP contribution >= 0.6 is 0 Å². The van der Waals surface area contributed by atoms with Crippen molar-refractivity contribution in [1.29, 1.82) is 0 Å². The first kappa shape index (κ1) is 8.30. The lowest BCUT2D eigenvalue weighted by Crippen LogP contribution is -1.95. The number of carbonyl (C=O) groups is 1. The zero-order chi connectivity index (χ0) is 9.42. The fraction of sp³-hybridized carbons (Fsp3) is 0.364. The number of fused-ring (bicyclic) bond motifs is 1. The van der Waals surface area contributed by atoms with Gasteiger partial charge in [-0.25, -0.2) is 0 Å². The van der Waals surface area contributed by atoms with Crippen molar-refractivity contribution in [3.8, 4) is 5.75 Å². The quantitative estimate of drug-likeness (QED) is 0.614. The van der Waals surface area contributed by atoms with Gasteiger partial charge in [0.1, 0.15) is 5.75 Å². The zero-order valence-corrected chi connectivity index (χ0v) is 7.83.